The Morgan fingerprint density at radius 2 is 2.33 bits per heavy atom. The molecule has 0 spiro atoms. The van der Waals surface area contributed by atoms with Gasteiger partial charge in [0.1, 0.15) is 0 Å². The lowest BCUT2D eigenvalue weighted by Crippen LogP contribution is -2.03. The van der Waals surface area contributed by atoms with E-state index < -0.39 is 10.3 Å². The Bertz CT molecular complexity index is 276. The summed E-state index contributed by atoms with van der Waals surface area (Å²) in [7, 11) is -2.09. The minimum atomic E-state index is -2.09. The number of hydrogen-bond donors (Lipinski definition) is 0. The van der Waals surface area contributed by atoms with Gasteiger partial charge in [-0.25, -0.2) is 0 Å². The third-order valence-electron chi connectivity index (χ3n) is 0.935. The highest BCUT2D eigenvalue weighted by Crippen LogP contribution is 1.85. The van der Waals surface area contributed by atoms with Crippen LogP contribution in [0.5, 0.6) is 0 Å². The molecule has 0 saturated carbocycles. The minimum Gasteiger partial charge on any atom is -0.287 e. The molecule has 4 heteroatoms. The Morgan fingerprint density at radius 3 is 2.67 bits per heavy atom. The molecule has 3 nitrogen and oxygen atoms in total. The van der Waals surface area contributed by atoms with Crippen LogP contribution in [0.3, 0.4) is 0 Å². The topological polar surface area (TPSA) is 46.5 Å². The summed E-state index contributed by atoms with van der Waals surface area (Å²) in [6.45, 7) is 0.284. The predicted octanol–water partition coefficient (Wildman–Crippen LogP) is -0.321. The maximum absolute atomic E-state index is 10.2. The average molecular weight is 143 g/mol. The zero-order chi connectivity index (χ0) is 6.69. The van der Waals surface area contributed by atoms with Gasteiger partial charge in [0, 0.05) is 6.21 Å². The van der Waals surface area contributed by atoms with Gasteiger partial charge in [0.15, 0.2) is 0 Å². The second kappa shape index (κ2) is 2.59. The van der Waals surface area contributed by atoms with E-state index in [1.807, 2.05) is 0 Å². The summed E-state index contributed by atoms with van der Waals surface area (Å²) in [6, 6.07) is 0. The molecule has 0 radical (unpaired) electrons. The van der Waals surface area contributed by atoms with E-state index in [9.17, 15) is 8.42 Å². The number of nitrogens with zero attached hydrogens (tertiary/aromatic N) is 1. The van der Waals surface area contributed by atoms with Crippen molar-refractivity contribution in [3.8, 4) is 0 Å². The van der Waals surface area contributed by atoms with Crippen molar-refractivity contribution in [2.45, 2.75) is 0 Å². The molecule has 0 bridgehead atoms. The van der Waals surface area contributed by atoms with E-state index in [4.69, 9.17) is 0 Å². The van der Waals surface area contributed by atoms with E-state index >= 15 is 0 Å². The molecule has 0 amide bonds. The Balaban J connectivity index is 3.05. The molecule has 0 aliphatic carbocycles. The zero-order valence-corrected chi connectivity index (χ0v) is 5.43. The van der Waals surface area contributed by atoms with Crippen LogP contribution in [0.25, 0.3) is 0 Å². The Hall–Kier alpha value is -0.900. The van der Waals surface area contributed by atoms with Crippen LogP contribution in [0.1, 0.15) is 0 Å². The first-order valence-corrected chi connectivity index (χ1v) is 3.50. The first-order valence-electron chi connectivity index (χ1n) is 2.42. The summed E-state index contributed by atoms with van der Waals surface area (Å²) in [6.07, 6.45) is 4.72. The third-order valence-corrected chi connectivity index (χ3v) is 1.63. The Kier molecular flexibility index (Phi) is 1.79. The highest BCUT2D eigenvalue weighted by Gasteiger charge is 1.95. The first-order chi connectivity index (χ1) is 4.30. The van der Waals surface area contributed by atoms with Crippen LogP contribution in [0.4, 0.5) is 0 Å². The molecule has 9 heavy (non-hydrogen) atoms. The lowest BCUT2D eigenvalue weighted by atomic mass is 10.3. The highest BCUT2D eigenvalue weighted by molar-refractivity contribution is 7.73. The van der Waals surface area contributed by atoms with Gasteiger partial charge in [-0.3, -0.25) is 4.99 Å². The van der Waals surface area contributed by atoms with Crippen molar-refractivity contribution in [2.24, 2.45) is 4.99 Å². The van der Waals surface area contributed by atoms with Crippen molar-refractivity contribution in [2.75, 3.05) is 6.54 Å². The lowest BCUT2D eigenvalue weighted by Gasteiger charge is -1.92. The van der Waals surface area contributed by atoms with E-state index in [0.29, 0.717) is 4.86 Å². The number of allylic oxidation sites excluding steroid dienone is 1. The van der Waals surface area contributed by atoms with Crippen LogP contribution in [-0.2, 0) is 10.3 Å². The molecule has 0 aromatic heterocycles. The van der Waals surface area contributed by atoms with E-state index in [2.05, 4.69) is 4.99 Å². The van der Waals surface area contributed by atoms with Crippen molar-refractivity contribution in [1.29, 1.82) is 0 Å². The smallest absolute Gasteiger partial charge is 0.219 e. The summed E-state index contributed by atoms with van der Waals surface area (Å²) in [5.74, 6) is 0. The summed E-state index contributed by atoms with van der Waals surface area (Å²) >= 11 is 0. The quantitative estimate of drug-likeness (QED) is 0.436. The number of aliphatic imine (C=N–C) groups is 1. The minimum absolute atomic E-state index is 0.284. The predicted molar refractivity (Wildman–Crippen MR) is 36.4 cm³/mol. The van der Waals surface area contributed by atoms with Gasteiger partial charge < -0.3 is 0 Å². The molecular formula is C5H5NO2S. The molecule has 1 heterocycles. The van der Waals surface area contributed by atoms with Gasteiger partial charge in [0.05, 0.1) is 11.4 Å². The summed E-state index contributed by atoms with van der Waals surface area (Å²) in [5.41, 5.74) is 0. The SMILES string of the molecule is O=S(=O)=C1C=CC=NC1. The normalized spacial score (nSPS) is 16.2. The molecule has 1 rings (SSSR count). The second-order valence-corrected chi connectivity index (χ2v) is 2.54. The molecule has 48 valence electrons. The molecule has 0 N–H and O–H groups in total. The molecule has 0 aromatic carbocycles. The van der Waals surface area contributed by atoms with E-state index in [1.54, 1.807) is 12.3 Å². The first kappa shape index (κ1) is 6.22. The van der Waals surface area contributed by atoms with Gasteiger partial charge in [0.2, 0.25) is 10.3 Å². The average Bonchev–Trinajstić information content (AvgIpc) is 1.90. The molecular weight excluding hydrogens is 138 g/mol. The molecule has 0 atom stereocenters. The fourth-order valence-corrected chi connectivity index (χ4v) is 0.884. The maximum atomic E-state index is 10.2. The van der Waals surface area contributed by atoms with Gasteiger partial charge in [-0.05, 0) is 12.2 Å². The number of rotatable bonds is 0. The van der Waals surface area contributed by atoms with Crippen molar-refractivity contribution in [3.63, 3.8) is 0 Å². The van der Waals surface area contributed by atoms with Crippen molar-refractivity contribution < 1.29 is 8.42 Å². The van der Waals surface area contributed by atoms with Crippen LogP contribution >= 0.6 is 0 Å². The van der Waals surface area contributed by atoms with Crippen LogP contribution in [-0.4, -0.2) is 26.0 Å². The summed E-state index contributed by atoms with van der Waals surface area (Å²) < 4.78 is 20.4. The lowest BCUT2D eigenvalue weighted by molar-refractivity contribution is 0.627. The molecule has 0 saturated heterocycles. The van der Waals surface area contributed by atoms with E-state index in [0.717, 1.165) is 0 Å². The van der Waals surface area contributed by atoms with Crippen LogP contribution in [0.15, 0.2) is 17.1 Å². The fourth-order valence-electron chi connectivity index (χ4n) is 0.515. The second-order valence-electron chi connectivity index (χ2n) is 1.55. The van der Waals surface area contributed by atoms with Crippen LogP contribution < -0.4 is 0 Å². The van der Waals surface area contributed by atoms with E-state index in [-0.39, 0.29) is 6.54 Å². The van der Waals surface area contributed by atoms with Crippen molar-refractivity contribution in [3.05, 3.63) is 12.2 Å². The fraction of sp³-hybridized carbons (Fsp3) is 0.200. The monoisotopic (exact) mass is 143 g/mol. The van der Waals surface area contributed by atoms with Gasteiger partial charge in [-0.2, -0.15) is 8.42 Å². The standard InChI is InChI=1S/C5H5NO2S/c7-9(8)5-2-1-3-6-4-5/h1-3H,4H2. The van der Waals surface area contributed by atoms with Crippen molar-refractivity contribution >= 4 is 21.4 Å². The van der Waals surface area contributed by atoms with Crippen LogP contribution in [0, 0.1) is 0 Å². The third kappa shape index (κ3) is 1.50. The summed E-state index contributed by atoms with van der Waals surface area (Å²) in [5, 5.41) is 0. The van der Waals surface area contributed by atoms with E-state index in [1.165, 1.54) is 6.08 Å². The molecule has 0 aromatic rings. The van der Waals surface area contributed by atoms with Crippen molar-refractivity contribution in [1.82, 2.24) is 0 Å². The van der Waals surface area contributed by atoms with Crippen LogP contribution in [0.2, 0.25) is 0 Å². The molecule has 1 aliphatic rings. The number of hydrogen-bond acceptors (Lipinski definition) is 3. The Morgan fingerprint density at radius 1 is 1.56 bits per heavy atom. The molecule has 0 unspecified atom stereocenters. The molecule has 1 aliphatic heterocycles. The molecule has 0 fully saturated rings. The van der Waals surface area contributed by atoms with Gasteiger partial charge in [-0.1, -0.05) is 0 Å². The maximum Gasteiger partial charge on any atom is 0.219 e. The highest BCUT2D eigenvalue weighted by atomic mass is 32.2. The zero-order valence-electron chi connectivity index (χ0n) is 4.61. The largest absolute Gasteiger partial charge is 0.287 e. The van der Waals surface area contributed by atoms with Gasteiger partial charge >= 0.3 is 0 Å². The Labute approximate surface area is 54.3 Å². The summed E-state index contributed by atoms with van der Waals surface area (Å²) in [4.78, 5) is 4.08. The van der Waals surface area contributed by atoms with Gasteiger partial charge in [0.25, 0.3) is 0 Å². The number of dihydropyridines is 1. The van der Waals surface area contributed by atoms with Gasteiger partial charge in [-0.15, -0.1) is 0 Å².